The van der Waals surface area contributed by atoms with Crippen LogP contribution in [0.1, 0.15) is 217 Å². The smallest absolute Gasteiger partial charge is 0.336 e. The highest BCUT2D eigenvalue weighted by molar-refractivity contribution is 6.01. The first-order valence-corrected chi connectivity index (χ1v) is 39.8. The van der Waals surface area contributed by atoms with Gasteiger partial charge in [-0.05, 0) is 157 Å². The Bertz CT molecular complexity index is 5580. The van der Waals surface area contributed by atoms with Crippen molar-refractivity contribution in [2.45, 2.75) is 117 Å². The number of hydrogen-bond donors (Lipinski definition) is 1. The summed E-state index contributed by atoms with van der Waals surface area (Å²) in [7, 11) is 0. The second kappa shape index (κ2) is 38.3. The first kappa shape index (κ1) is 81.2. The molecule has 0 spiro atoms. The summed E-state index contributed by atoms with van der Waals surface area (Å²) in [5.74, 6) is -2.97. The van der Waals surface area contributed by atoms with Crippen LogP contribution in [0, 0.1) is 0 Å². The summed E-state index contributed by atoms with van der Waals surface area (Å²) in [6.45, 7) is 11.9. The highest BCUT2D eigenvalue weighted by Crippen LogP contribution is 2.37. The van der Waals surface area contributed by atoms with Gasteiger partial charge in [-0.15, -0.1) is 0 Å². The topological polar surface area (TPSA) is 159 Å². The Morgan fingerprint density at radius 3 is 0.530 bits per heavy atom. The van der Waals surface area contributed by atoms with Gasteiger partial charge in [0.1, 0.15) is 0 Å². The Kier molecular flexibility index (Phi) is 26.6. The predicted octanol–water partition coefficient (Wildman–Crippen LogP) is 21.8. The summed E-state index contributed by atoms with van der Waals surface area (Å²) < 4.78 is 0. The van der Waals surface area contributed by atoms with E-state index in [1.165, 1.54) is 6.07 Å². The van der Waals surface area contributed by atoms with Crippen LogP contribution in [0.2, 0.25) is 0 Å². The van der Waals surface area contributed by atoms with Crippen LogP contribution in [0.4, 0.5) is 0 Å². The number of amides is 6. The Morgan fingerprint density at radius 1 is 0.197 bits per heavy atom. The lowest BCUT2D eigenvalue weighted by molar-refractivity contribution is 0.0625. The molecule has 0 heterocycles. The number of aromatic carboxylic acids is 1. The van der Waals surface area contributed by atoms with E-state index in [0.29, 0.717) is 66.8 Å². The zero-order valence-corrected chi connectivity index (χ0v) is 66.8. The van der Waals surface area contributed by atoms with Gasteiger partial charge in [-0.2, -0.15) is 0 Å². The maximum atomic E-state index is 16.5. The molecule has 0 bridgehead atoms. The second-order valence-electron chi connectivity index (χ2n) is 29.7. The number of carboxylic acids is 1. The third kappa shape index (κ3) is 19.0. The van der Waals surface area contributed by atoms with Crippen LogP contribution in [0.15, 0.2) is 358 Å². The first-order chi connectivity index (χ1) is 56.9. The van der Waals surface area contributed by atoms with Crippen molar-refractivity contribution >= 4 is 41.4 Å². The van der Waals surface area contributed by atoms with Crippen molar-refractivity contribution in [1.82, 2.24) is 29.4 Å². The lowest BCUT2D eigenvalue weighted by Gasteiger charge is -2.35. The van der Waals surface area contributed by atoms with Gasteiger partial charge in [0.05, 0.1) is 41.8 Å². The molecular formula is C103H96N6O8. The molecule has 0 saturated heterocycles. The van der Waals surface area contributed by atoms with Crippen LogP contribution in [0.5, 0.6) is 0 Å². The van der Waals surface area contributed by atoms with E-state index in [0.717, 1.165) is 33.4 Å². The van der Waals surface area contributed by atoms with E-state index >= 15 is 24.0 Å². The number of carbonyl (C=O) groups is 7. The van der Waals surface area contributed by atoms with Gasteiger partial charge < -0.3 is 34.5 Å². The monoisotopic (exact) mass is 1540 g/mol. The Balaban J connectivity index is 0.841. The van der Waals surface area contributed by atoms with E-state index in [9.17, 15) is 14.7 Å². The van der Waals surface area contributed by atoms with Gasteiger partial charge in [0.2, 0.25) is 0 Å². The molecule has 0 aliphatic heterocycles. The standard InChI is InChI=1S/C103H96N6O8/c1-72(78-40-14-7-15-41-78)104(97(110)84-52-26-13-27-53-84)66-85-54-28-34-60-91(85)98(111)105(73(2)79-42-16-8-17-43-79)67-86-55-29-35-61-92(86)99(112)106(74(3)80-44-18-9-19-45-80)68-87-56-30-36-62-93(87)100(113)107(75(4)81-46-20-10-21-47-81)69-88-57-31-37-63-94(88)101(114)108(76(5)82-48-22-11-23-49-82)70-89-58-32-38-64-95(89)102(115)109(77(6)83-50-24-12-25-51-83)71-90-59-33-39-65-96(90)103(116)117/h7-65,72-77H,66-71H2,1-6H3,(H,116,117)/t72-,73-,74-,75-,76-,77-/m0/s1. The summed E-state index contributed by atoms with van der Waals surface area (Å²) >= 11 is 0. The van der Waals surface area contributed by atoms with Crippen LogP contribution in [0.25, 0.3) is 0 Å². The molecule has 0 aliphatic rings. The Morgan fingerprint density at radius 2 is 0.342 bits per heavy atom. The Hall–Kier alpha value is -13.9. The highest BCUT2D eigenvalue weighted by Gasteiger charge is 2.36. The zero-order valence-electron chi connectivity index (χ0n) is 66.8. The quantitative estimate of drug-likeness (QED) is 0.0450. The molecule has 13 rings (SSSR count). The number of nitrogens with zero attached hydrogens (tertiary/aromatic N) is 6. The van der Waals surface area contributed by atoms with Gasteiger partial charge in [0, 0.05) is 72.6 Å². The average molecular weight is 1550 g/mol. The van der Waals surface area contributed by atoms with E-state index in [2.05, 4.69) is 0 Å². The van der Waals surface area contributed by atoms with Crippen molar-refractivity contribution in [3.05, 3.63) is 464 Å². The van der Waals surface area contributed by atoms with Crippen molar-refractivity contribution in [3.8, 4) is 0 Å². The number of carboxylic acid groups (broad SMARTS) is 1. The molecule has 586 valence electrons. The van der Waals surface area contributed by atoms with Crippen molar-refractivity contribution in [2.75, 3.05) is 0 Å². The summed E-state index contributed by atoms with van der Waals surface area (Å²) in [5.41, 5.74) is 11.0. The number of hydrogen-bond acceptors (Lipinski definition) is 7. The first-order valence-electron chi connectivity index (χ1n) is 39.8. The molecule has 0 aliphatic carbocycles. The lowest BCUT2D eigenvalue weighted by atomic mass is 9.97. The van der Waals surface area contributed by atoms with Crippen molar-refractivity contribution in [2.24, 2.45) is 0 Å². The minimum atomic E-state index is -1.11. The third-order valence-electron chi connectivity index (χ3n) is 22.6. The fourth-order valence-electron chi connectivity index (χ4n) is 15.6. The number of rotatable bonds is 31. The minimum absolute atomic E-state index is 0.00767. The summed E-state index contributed by atoms with van der Waals surface area (Å²) in [4.78, 5) is 119. The average Bonchev–Trinajstić information content (AvgIpc) is 0.797. The van der Waals surface area contributed by atoms with Gasteiger partial charge in [-0.1, -0.05) is 309 Å². The molecule has 1 N–H and O–H groups in total. The van der Waals surface area contributed by atoms with Crippen LogP contribution in [0.3, 0.4) is 0 Å². The van der Waals surface area contributed by atoms with Gasteiger partial charge >= 0.3 is 5.97 Å². The molecule has 6 atom stereocenters. The predicted molar refractivity (Wildman–Crippen MR) is 460 cm³/mol. The number of benzene rings is 13. The highest BCUT2D eigenvalue weighted by atomic mass is 16.4. The maximum absolute atomic E-state index is 16.5. The van der Waals surface area contributed by atoms with E-state index in [1.807, 2.05) is 338 Å². The SMILES string of the molecule is C[C@@H](c1ccccc1)N(Cc1ccccc1C(=O)N(Cc1ccccc1C(=O)N(Cc1ccccc1C(=O)N(Cc1ccccc1C(=O)N(Cc1ccccc1C(=O)N(Cc1ccccc1C(=O)O)[C@@H](C)c1ccccc1)[C@@H](C)c1ccccc1)[C@@H](C)c1ccccc1)[C@@H](C)c1ccccc1)[C@@H](C)c1ccccc1)C(=O)c1ccccc1. The lowest BCUT2D eigenvalue weighted by Crippen LogP contribution is -2.38. The van der Waals surface area contributed by atoms with E-state index in [1.54, 1.807) is 85.2 Å². The fraction of sp³-hybridized carbons (Fsp3) is 0.175. The van der Waals surface area contributed by atoms with Gasteiger partial charge in [-0.25, -0.2) is 4.79 Å². The summed E-state index contributed by atoms with van der Waals surface area (Å²) in [6.07, 6.45) is 0. The molecule has 6 amide bonds. The van der Waals surface area contributed by atoms with E-state index < -0.39 is 36.2 Å². The van der Waals surface area contributed by atoms with Crippen LogP contribution < -0.4 is 0 Å². The van der Waals surface area contributed by atoms with Gasteiger partial charge in [-0.3, -0.25) is 28.8 Å². The van der Waals surface area contributed by atoms with E-state index in [-0.39, 0.29) is 86.3 Å². The van der Waals surface area contributed by atoms with Crippen LogP contribution >= 0.6 is 0 Å². The van der Waals surface area contributed by atoms with Crippen molar-refractivity contribution < 1.29 is 38.7 Å². The molecule has 13 aromatic rings. The molecule has 0 fully saturated rings. The molecule has 0 radical (unpaired) electrons. The van der Waals surface area contributed by atoms with Crippen LogP contribution in [-0.4, -0.2) is 75.9 Å². The van der Waals surface area contributed by atoms with Crippen molar-refractivity contribution in [1.29, 1.82) is 0 Å². The molecule has 14 heteroatoms. The number of carbonyl (C=O) groups excluding carboxylic acids is 6. The summed E-state index contributed by atoms with van der Waals surface area (Å²) in [5, 5.41) is 10.4. The second-order valence-corrected chi connectivity index (χ2v) is 29.7. The molecule has 14 nitrogen and oxygen atoms in total. The molecule has 0 unspecified atom stereocenters. The third-order valence-corrected chi connectivity index (χ3v) is 22.6. The normalized spacial score (nSPS) is 12.6. The molecule has 0 aromatic heterocycles. The fourth-order valence-corrected chi connectivity index (χ4v) is 15.6. The summed E-state index contributed by atoms with van der Waals surface area (Å²) in [6, 6.07) is 108. The molecular weight excluding hydrogens is 1450 g/mol. The molecule has 13 aromatic carbocycles. The molecule has 0 saturated carbocycles. The minimum Gasteiger partial charge on any atom is -0.478 e. The van der Waals surface area contributed by atoms with Gasteiger partial charge in [0.25, 0.3) is 35.4 Å². The largest absolute Gasteiger partial charge is 0.478 e. The maximum Gasteiger partial charge on any atom is 0.336 e. The molecule has 117 heavy (non-hydrogen) atoms. The van der Waals surface area contributed by atoms with Crippen molar-refractivity contribution in [3.63, 3.8) is 0 Å². The van der Waals surface area contributed by atoms with Gasteiger partial charge in [0.15, 0.2) is 0 Å². The Labute approximate surface area is 686 Å². The van der Waals surface area contributed by atoms with Crippen LogP contribution in [-0.2, 0) is 39.3 Å². The van der Waals surface area contributed by atoms with E-state index in [4.69, 9.17) is 0 Å². The zero-order chi connectivity index (χ0) is 81.9.